The van der Waals surface area contributed by atoms with Gasteiger partial charge in [-0.25, -0.2) is 4.39 Å². The molecule has 0 fully saturated rings. The molecule has 0 amide bonds. The van der Waals surface area contributed by atoms with Gasteiger partial charge in [-0.2, -0.15) is 0 Å². The fourth-order valence-electron chi connectivity index (χ4n) is 1.12. The van der Waals surface area contributed by atoms with Crippen LogP contribution in [0.3, 0.4) is 0 Å². The van der Waals surface area contributed by atoms with Crippen molar-refractivity contribution in [2.75, 3.05) is 20.3 Å². The summed E-state index contributed by atoms with van der Waals surface area (Å²) in [5.74, 6) is -0.0520. The summed E-state index contributed by atoms with van der Waals surface area (Å²) in [7, 11) is 1.58. The first kappa shape index (κ1) is 12.2. The lowest BCUT2D eigenvalue weighted by molar-refractivity contribution is 0.146. The monoisotopic (exact) mass is 274 g/mol. The van der Waals surface area contributed by atoms with Gasteiger partial charge in [0.1, 0.15) is 18.2 Å². The molecular weight excluding hydrogens is 263 g/mol. The van der Waals surface area contributed by atoms with E-state index in [4.69, 9.17) is 9.47 Å². The molecule has 15 heavy (non-hydrogen) atoms. The molecule has 0 aliphatic carbocycles. The van der Waals surface area contributed by atoms with Crippen LogP contribution in [0.2, 0.25) is 0 Å². The molecule has 4 heteroatoms. The Morgan fingerprint density at radius 2 is 2.20 bits per heavy atom. The predicted octanol–water partition coefficient (Wildman–Crippen LogP) is 3.41. The highest BCUT2D eigenvalue weighted by Gasteiger charge is 2.10. The minimum atomic E-state index is -0.519. The molecule has 1 rings (SSSR count). The first-order valence-corrected chi connectivity index (χ1v) is 5.21. The fourth-order valence-corrected chi connectivity index (χ4v) is 1.69. The van der Waals surface area contributed by atoms with Gasteiger partial charge in [-0.05, 0) is 28.1 Å². The maximum Gasteiger partial charge on any atom is 0.130 e. The third-order valence-corrected chi connectivity index (χ3v) is 2.45. The number of hydrogen-bond acceptors (Lipinski definition) is 2. The molecule has 0 atom stereocenters. The fraction of sp³-hybridized carbons (Fsp3) is 0.273. The Balaban J connectivity index is 2.86. The lowest BCUT2D eigenvalue weighted by atomic mass is 10.2. The van der Waals surface area contributed by atoms with E-state index in [2.05, 4.69) is 22.5 Å². The van der Waals surface area contributed by atoms with Crippen molar-refractivity contribution in [3.05, 3.63) is 34.8 Å². The molecule has 0 aliphatic heterocycles. The minimum Gasteiger partial charge on any atom is -0.490 e. The molecule has 0 N–H and O–H groups in total. The summed E-state index contributed by atoms with van der Waals surface area (Å²) in [5, 5.41) is 0. The van der Waals surface area contributed by atoms with Crippen LogP contribution < -0.4 is 4.74 Å². The summed E-state index contributed by atoms with van der Waals surface area (Å²) >= 11 is 3.24. The molecule has 0 spiro atoms. The van der Waals surface area contributed by atoms with Crippen molar-refractivity contribution >= 4 is 21.8 Å². The van der Waals surface area contributed by atoms with Gasteiger partial charge in [-0.1, -0.05) is 12.6 Å². The average Bonchev–Trinajstić information content (AvgIpc) is 2.17. The van der Waals surface area contributed by atoms with Gasteiger partial charge < -0.3 is 9.47 Å². The number of ether oxygens (including phenoxy) is 2. The molecule has 2 nitrogen and oxygen atoms in total. The van der Waals surface area contributed by atoms with Crippen LogP contribution in [0.25, 0.3) is 5.83 Å². The smallest absolute Gasteiger partial charge is 0.130 e. The zero-order chi connectivity index (χ0) is 11.3. The Hall–Kier alpha value is -0.870. The Morgan fingerprint density at radius 3 is 2.80 bits per heavy atom. The van der Waals surface area contributed by atoms with Crippen LogP contribution in [0.5, 0.6) is 5.75 Å². The van der Waals surface area contributed by atoms with Crippen molar-refractivity contribution in [3.8, 4) is 5.75 Å². The predicted molar refractivity (Wildman–Crippen MR) is 61.7 cm³/mol. The Kier molecular flexibility index (Phi) is 4.78. The molecule has 0 unspecified atom stereocenters. The van der Waals surface area contributed by atoms with E-state index in [1.54, 1.807) is 25.3 Å². The van der Waals surface area contributed by atoms with Crippen LogP contribution in [0, 0.1) is 0 Å². The van der Waals surface area contributed by atoms with Gasteiger partial charge in [-0.15, -0.1) is 0 Å². The van der Waals surface area contributed by atoms with Crippen LogP contribution in [0.4, 0.5) is 4.39 Å². The number of hydrogen-bond donors (Lipinski definition) is 0. The molecule has 1 aromatic rings. The van der Waals surface area contributed by atoms with E-state index in [0.717, 1.165) is 0 Å². The Bertz CT molecular complexity index is 352. The summed E-state index contributed by atoms with van der Waals surface area (Å²) in [5.41, 5.74) is 0.355. The van der Waals surface area contributed by atoms with E-state index in [0.29, 0.717) is 29.0 Å². The van der Waals surface area contributed by atoms with E-state index in [1.807, 2.05) is 0 Å². The highest BCUT2D eigenvalue weighted by atomic mass is 79.9. The summed E-state index contributed by atoms with van der Waals surface area (Å²) in [6.45, 7) is 4.11. The number of benzene rings is 1. The van der Waals surface area contributed by atoms with Gasteiger partial charge in [-0.3, -0.25) is 0 Å². The molecule has 0 aliphatic rings. The van der Waals surface area contributed by atoms with E-state index in [1.165, 1.54) is 0 Å². The van der Waals surface area contributed by atoms with Crippen LogP contribution in [0.1, 0.15) is 5.56 Å². The third kappa shape index (κ3) is 3.32. The Labute approximate surface area is 96.8 Å². The van der Waals surface area contributed by atoms with Crippen molar-refractivity contribution < 1.29 is 13.9 Å². The minimum absolute atomic E-state index is 0.355. The molecule has 0 heterocycles. The van der Waals surface area contributed by atoms with Gasteiger partial charge in [0.15, 0.2) is 0 Å². The molecule has 82 valence electrons. The summed E-state index contributed by atoms with van der Waals surface area (Å²) in [4.78, 5) is 0. The van der Waals surface area contributed by atoms with Gasteiger partial charge >= 0.3 is 0 Å². The molecule has 1 aromatic carbocycles. The van der Waals surface area contributed by atoms with Gasteiger partial charge in [0.25, 0.3) is 0 Å². The molecule has 0 radical (unpaired) electrons. The second-order valence-electron chi connectivity index (χ2n) is 2.86. The largest absolute Gasteiger partial charge is 0.490 e. The number of rotatable bonds is 5. The van der Waals surface area contributed by atoms with Crippen LogP contribution >= 0.6 is 15.9 Å². The van der Waals surface area contributed by atoms with Crippen LogP contribution in [-0.4, -0.2) is 20.3 Å². The maximum absolute atomic E-state index is 13.1. The topological polar surface area (TPSA) is 18.5 Å². The highest BCUT2D eigenvalue weighted by molar-refractivity contribution is 9.10. The average molecular weight is 275 g/mol. The molecule has 0 bridgehead atoms. The normalized spacial score (nSPS) is 10.1. The quantitative estimate of drug-likeness (QED) is 0.766. The van der Waals surface area contributed by atoms with Crippen molar-refractivity contribution in [3.63, 3.8) is 0 Å². The van der Waals surface area contributed by atoms with Crippen molar-refractivity contribution in [2.24, 2.45) is 0 Å². The molecule has 0 aromatic heterocycles. The second-order valence-corrected chi connectivity index (χ2v) is 3.71. The van der Waals surface area contributed by atoms with Gasteiger partial charge in [0, 0.05) is 11.6 Å². The summed E-state index contributed by atoms with van der Waals surface area (Å²) in [6, 6.07) is 5.21. The van der Waals surface area contributed by atoms with E-state index in [9.17, 15) is 4.39 Å². The van der Waals surface area contributed by atoms with E-state index < -0.39 is 5.83 Å². The van der Waals surface area contributed by atoms with E-state index >= 15 is 0 Å². The summed E-state index contributed by atoms with van der Waals surface area (Å²) < 4.78 is 24.0. The van der Waals surface area contributed by atoms with Crippen LogP contribution in [0.15, 0.2) is 29.3 Å². The van der Waals surface area contributed by atoms with Crippen molar-refractivity contribution in [2.45, 2.75) is 0 Å². The SMILES string of the molecule is C=C(F)c1c(Br)cccc1OCCOC. The second kappa shape index (κ2) is 5.88. The zero-order valence-corrected chi connectivity index (χ0v) is 10.0. The molecule has 0 saturated heterocycles. The maximum atomic E-state index is 13.1. The van der Waals surface area contributed by atoms with Crippen molar-refractivity contribution in [1.82, 2.24) is 0 Å². The Morgan fingerprint density at radius 1 is 1.47 bits per heavy atom. The van der Waals surface area contributed by atoms with Gasteiger partial charge in [0.2, 0.25) is 0 Å². The summed E-state index contributed by atoms with van der Waals surface area (Å²) in [6.07, 6.45) is 0. The van der Waals surface area contributed by atoms with Gasteiger partial charge in [0.05, 0.1) is 12.2 Å². The first-order valence-electron chi connectivity index (χ1n) is 4.42. The third-order valence-electron chi connectivity index (χ3n) is 1.79. The lowest BCUT2D eigenvalue weighted by Gasteiger charge is -2.10. The molecule has 0 saturated carbocycles. The highest BCUT2D eigenvalue weighted by Crippen LogP contribution is 2.32. The number of methoxy groups -OCH3 is 1. The standard InChI is InChI=1S/C11H12BrFO2/c1-8(13)11-9(12)4-3-5-10(11)15-7-6-14-2/h3-5H,1,6-7H2,2H3. The zero-order valence-electron chi connectivity index (χ0n) is 8.43. The van der Waals surface area contributed by atoms with Crippen molar-refractivity contribution in [1.29, 1.82) is 0 Å². The number of halogens is 2. The first-order chi connectivity index (χ1) is 7.16. The van der Waals surface area contributed by atoms with Crippen LogP contribution in [-0.2, 0) is 4.74 Å². The lowest BCUT2D eigenvalue weighted by Crippen LogP contribution is -2.05. The van der Waals surface area contributed by atoms with E-state index in [-0.39, 0.29) is 0 Å². The molecular formula is C11H12BrFO2.